The van der Waals surface area contributed by atoms with Crippen molar-refractivity contribution in [2.24, 2.45) is 0 Å². The number of rotatable bonds is 7. The summed E-state index contributed by atoms with van der Waals surface area (Å²) in [5.41, 5.74) is 0. The predicted molar refractivity (Wildman–Crippen MR) is 107 cm³/mol. The minimum absolute atomic E-state index is 0.185. The van der Waals surface area contributed by atoms with Gasteiger partial charge in [0.25, 0.3) is 5.91 Å². The fourth-order valence-corrected chi connectivity index (χ4v) is 4.55. The smallest absolute Gasteiger partial charge is 0.263 e. The summed E-state index contributed by atoms with van der Waals surface area (Å²) in [6.07, 6.45) is 8.24. The van der Waals surface area contributed by atoms with Crippen LogP contribution in [-0.2, 0) is 13.0 Å². The molecule has 6 heteroatoms. The van der Waals surface area contributed by atoms with E-state index in [4.69, 9.17) is 0 Å². The van der Waals surface area contributed by atoms with Crippen molar-refractivity contribution in [2.45, 2.75) is 45.1 Å². The normalized spacial score (nSPS) is 17.8. The number of aryl methyl sites for hydroxylation is 2. The summed E-state index contributed by atoms with van der Waals surface area (Å²) in [5.74, 6) is 1.67. The highest BCUT2D eigenvalue weighted by atomic mass is 32.1. The molecule has 2 aromatic rings. The molecule has 0 bridgehead atoms. The van der Waals surface area contributed by atoms with Crippen molar-refractivity contribution in [2.75, 3.05) is 33.7 Å². The van der Waals surface area contributed by atoms with E-state index in [9.17, 15) is 4.79 Å². The summed E-state index contributed by atoms with van der Waals surface area (Å²) >= 11 is 1.63. The molecule has 1 aliphatic rings. The second kappa shape index (κ2) is 8.82. The standard InChI is InChI=1S/C20H30N4OS/c1-4-17-8-9-18(26-17)20(25)24-12-5-7-16(15-24)19-21-10-14-23(19)13-6-11-22(2)3/h8-10,14,16H,4-7,11-13,15H2,1-3H3/t16-/m1/s1. The van der Waals surface area contributed by atoms with Crippen LogP contribution >= 0.6 is 11.3 Å². The monoisotopic (exact) mass is 374 g/mol. The Labute approximate surface area is 160 Å². The zero-order valence-corrected chi connectivity index (χ0v) is 17.0. The molecular formula is C20H30N4OS. The first-order valence-corrected chi connectivity index (χ1v) is 10.4. The summed E-state index contributed by atoms with van der Waals surface area (Å²) < 4.78 is 2.28. The summed E-state index contributed by atoms with van der Waals surface area (Å²) in [6.45, 7) is 5.83. The first kappa shape index (κ1) is 19.1. The third-order valence-corrected chi connectivity index (χ3v) is 6.26. The largest absolute Gasteiger partial charge is 0.337 e. The van der Waals surface area contributed by atoms with Crippen LogP contribution in [0.4, 0.5) is 0 Å². The lowest BCUT2D eigenvalue weighted by Crippen LogP contribution is -2.39. The summed E-state index contributed by atoms with van der Waals surface area (Å²) in [7, 11) is 4.21. The Hall–Kier alpha value is -1.66. The van der Waals surface area contributed by atoms with E-state index >= 15 is 0 Å². The van der Waals surface area contributed by atoms with Gasteiger partial charge in [0.15, 0.2) is 0 Å². The van der Waals surface area contributed by atoms with Crippen LogP contribution in [0.25, 0.3) is 0 Å². The van der Waals surface area contributed by atoms with Crippen LogP contribution in [0.2, 0.25) is 0 Å². The van der Waals surface area contributed by atoms with E-state index in [2.05, 4.69) is 47.7 Å². The van der Waals surface area contributed by atoms with Crippen LogP contribution in [0.1, 0.15) is 52.5 Å². The van der Waals surface area contributed by atoms with Gasteiger partial charge in [0, 0.05) is 42.8 Å². The van der Waals surface area contributed by atoms with Gasteiger partial charge in [-0.25, -0.2) is 4.98 Å². The Kier molecular flexibility index (Phi) is 6.48. The van der Waals surface area contributed by atoms with Crippen molar-refractivity contribution in [3.63, 3.8) is 0 Å². The maximum atomic E-state index is 12.9. The van der Waals surface area contributed by atoms with E-state index in [-0.39, 0.29) is 5.91 Å². The fourth-order valence-electron chi connectivity index (χ4n) is 3.64. The van der Waals surface area contributed by atoms with Gasteiger partial charge in [-0.05, 0) is 58.5 Å². The Bertz CT molecular complexity index is 721. The van der Waals surface area contributed by atoms with Gasteiger partial charge < -0.3 is 14.4 Å². The first-order chi connectivity index (χ1) is 12.6. The highest BCUT2D eigenvalue weighted by Crippen LogP contribution is 2.28. The van der Waals surface area contributed by atoms with E-state index in [1.54, 1.807) is 11.3 Å². The van der Waals surface area contributed by atoms with Crippen molar-refractivity contribution in [3.05, 3.63) is 40.1 Å². The van der Waals surface area contributed by atoms with Crippen LogP contribution in [0, 0.1) is 0 Å². The second-order valence-corrected chi connectivity index (χ2v) is 8.51. The minimum atomic E-state index is 0.185. The molecule has 1 fully saturated rings. The van der Waals surface area contributed by atoms with Gasteiger partial charge in [-0.2, -0.15) is 0 Å². The lowest BCUT2D eigenvalue weighted by molar-refractivity contribution is 0.0708. The van der Waals surface area contributed by atoms with Gasteiger partial charge in [0.05, 0.1) is 4.88 Å². The Morgan fingerprint density at radius 2 is 2.23 bits per heavy atom. The number of carbonyl (C=O) groups is 1. The molecule has 0 N–H and O–H groups in total. The van der Waals surface area contributed by atoms with Crippen molar-refractivity contribution < 1.29 is 4.79 Å². The van der Waals surface area contributed by atoms with Gasteiger partial charge >= 0.3 is 0 Å². The van der Waals surface area contributed by atoms with Crippen LogP contribution in [0.15, 0.2) is 24.5 Å². The average Bonchev–Trinajstić information content (AvgIpc) is 3.30. The van der Waals surface area contributed by atoms with Gasteiger partial charge in [-0.15, -0.1) is 11.3 Å². The number of nitrogens with zero attached hydrogens (tertiary/aromatic N) is 4. The van der Waals surface area contributed by atoms with E-state index < -0.39 is 0 Å². The second-order valence-electron chi connectivity index (χ2n) is 7.35. The van der Waals surface area contributed by atoms with Crippen molar-refractivity contribution >= 4 is 17.2 Å². The van der Waals surface area contributed by atoms with Crippen molar-refractivity contribution in [1.29, 1.82) is 0 Å². The number of imidazole rings is 1. The van der Waals surface area contributed by atoms with E-state index in [1.807, 2.05) is 17.2 Å². The predicted octanol–water partition coefficient (Wildman–Crippen LogP) is 3.48. The Morgan fingerprint density at radius 1 is 1.38 bits per heavy atom. The van der Waals surface area contributed by atoms with E-state index in [0.29, 0.717) is 5.92 Å². The Balaban J connectivity index is 1.65. The number of amides is 1. The molecule has 5 nitrogen and oxygen atoms in total. The van der Waals surface area contributed by atoms with Gasteiger partial charge in [-0.3, -0.25) is 4.79 Å². The maximum absolute atomic E-state index is 12.9. The van der Waals surface area contributed by atoms with Crippen LogP contribution in [0.5, 0.6) is 0 Å². The molecule has 0 aliphatic carbocycles. The third kappa shape index (κ3) is 4.54. The topological polar surface area (TPSA) is 41.4 Å². The molecule has 1 amide bonds. The number of hydrogen-bond donors (Lipinski definition) is 0. The number of thiophene rings is 1. The summed E-state index contributed by atoms with van der Waals surface area (Å²) in [6, 6.07) is 4.06. The first-order valence-electron chi connectivity index (χ1n) is 9.62. The van der Waals surface area contributed by atoms with E-state index in [0.717, 1.165) is 62.6 Å². The zero-order chi connectivity index (χ0) is 18.5. The van der Waals surface area contributed by atoms with Crippen molar-refractivity contribution in [3.8, 4) is 0 Å². The molecule has 1 atom stereocenters. The number of hydrogen-bond acceptors (Lipinski definition) is 4. The van der Waals surface area contributed by atoms with Crippen LogP contribution in [0.3, 0.4) is 0 Å². The molecule has 3 rings (SSSR count). The lowest BCUT2D eigenvalue weighted by Gasteiger charge is -2.32. The quantitative estimate of drug-likeness (QED) is 0.745. The zero-order valence-electron chi connectivity index (χ0n) is 16.1. The lowest BCUT2D eigenvalue weighted by atomic mass is 9.97. The maximum Gasteiger partial charge on any atom is 0.263 e. The van der Waals surface area contributed by atoms with Crippen LogP contribution < -0.4 is 0 Å². The summed E-state index contributed by atoms with van der Waals surface area (Å²) in [4.78, 5) is 23.9. The van der Waals surface area contributed by atoms with E-state index in [1.165, 1.54) is 4.88 Å². The minimum Gasteiger partial charge on any atom is -0.337 e. The van der Waals surface area contributed by atoms with Crippen molar-refractivity contribution in [1.82, 2.24) is 19.4 Å². The molecule has 0 aromatic carbocycles. The molecule has 142 valence electrons. The molecule has 1 aliphatic heterocycles. The van der Waals surface area contributed by atoms with Gasteiger partial charge in [0.1, 0.15) is 5.82 Å². The summed E-state index contributed by atoms with van der Waals surface area (Å²) in [5, 5.41) is 0. The molecule has 0 spiro atoms. The SMILES string of the molecule is CCc1ccc(C(=O)N2CCC[C@@H](c3nccn3CCCN(C)C)C2)s1. The fraction of sp³-hybridized carbons (Fsp3) is 0.600. The molecular weight excluding hydrogens is 344 g/mol. The molecule has 1 saturated heterocycles. The van der Waals surface area contributed by atoms with Gasteiger partial charge in [0.2, 0.25) is 0 Å². The Morgan fingerprint density at radius 3 is 2.96 bits per heavy atom. The molecule has 0 unspecified atom stereocenters. The number of aromatic nitrogens is 2. The third-order valence-electron chi connectivity index (χ3n) is 5.05. The highest BCUT2D eigenvalue weighted by Gasteiger charge is 2.28. The number of likely N-dealkylation sites (tertiary alicyclic amines) is 1. The van der Waals surface area contributed by atoms with Gasteiger partial charge in [-0.1, -0.05) is 6.92 Å². The molecule has 26 heavy (non-hydrogen) atoms. The molecule has 2 aromatic heterocycles. The molecule has 0 radical (unpaired) electrons. The average molecular weight is 375 g/mol. The number of carbonyl (C=O) groups excluding carboxylic acids is 1. The number of piperidine rings is 1. The molecule has 0 saturated carbocycles. The van der Waals surface area contributed by atoms with Crippen LogP contribution in [-0.4, -0.2) is 59.0 Å². The molecule has 3 heterocycles. The highest BCUT2D eigenvalue weighted by molar-refractivity contribution is 7.14.